The molecule has 2 aliphatic heterocycles. The first kappa shape index (κ1) is 17.3. The van der Waals surface area contributed by atoms with Crippen LogP contribution in [0.1, 0.15) is 36.8 Å². The van der Waals surface area contributed by atoms with Crippen LogP contribution in [0.2, 0.25) is 0 Å². The molecular formula is C22H23N3O3. The van der Waals surface area contributed by atoms with Gasteiger partial charge in [-0.25, -0.2) is 0 Å². The number of nitrogens with zero attached hydrogens (tertiary/aromatic N) is 3. The lowest BCUT2D eigenvalue weighted by Crippen LogP contribution is -2.24. The van der Waals surface area contributed by atoms with Crippen LogP contribution < -0.4 is 9.47 Å². The molecule has 5 rings (SSSR count). The summed E-state index contributed by atoms with van der Waals surface area (Å²) < 4.78 is 16.4. The molecule has 1 fully saturated rings. The zero-order valence-corrected chi connectivity index (χ0v) is 15.7. The van der Waals surface area contributed by atoms with E-state index in [9.17, 15) is 0 Å². The highest BCUT2D eigenvalue weighted by Gasteiger charge is 2.27. The molecule has 0 radical (unpaired) electrons. The second-order valence-electron chi connectivity index (χ2n) is 7.29. The first-order chi connectivity index (χ1) is 13.9. The van der Waals surface area contributed by atoms with Crippen LogP contribution in [0.4, 0.5) is 0 Å². The number of hydrogen-bond acceptors (Lipinski definition) is 6. The standard InChI is InChI=1S/C22H23N3O3/c1-2-6-16(7-3-1)22-23-21(28-24-22)9-5-13-25-12-4-8-18(25)17-10-11-19-20(14-17)27-15-26-19/h1-3,6-7,10-11,14,18H,4-5,8-9,12-13,15H2. The number of ether oxygens (including phenoxy) is 2. The molecule has 1 atom stereocenters. The summed E-state index contributed by atoms with van der Waals surface area (Å²) in [6.07, 6.45) is 4.19. The first-order valence-electron chi connectivity index (χ1n) is 9.88. The molecule has 144 valence electrons. The number of fused-ring (bicyclic) bond motifs is 1. The quantitative estimate of drug-likeness (QED) is 0.640. The number of likely N-dealkylation sites (tertiary alicyclic amines) is 1. The van der Waals surface area contributed by atoms with E-state index >= 15 is 0 Å². The maximum atomic E-state index is 5.54. The minimum Gasteiger partial charge on any atom is -0.454 e. The zero-order valence-electron chi connectivity index (χ0n) is 15.7. The van der Waals surface area contributed by atoms with Crippen LogP contribution in [0.25, 0.3) is 11.4 Å². The number of aromatic nitrogens is 2. The second-order valence-corrected chi connectivity index (χ2v) is 7.29. The average Bonchev–Trinajstić information content (AvgIpc) is 3.49. The molecule has 6 heteroatoms. The number of aryl methyl sites for hydroxylation is 1. The topological polar surface area (TPSA) is 60.6 Å². The van der Waals surface area contributed by atoms with Crippen LogP contribution in [-0.2, 0) is 6.42 Å². The third-order valence-electron chi connectivity index (χ3n) is 5.48. The van der Waals surface area contributed by atoms with Gasteiger partial charge in [-0.2, -0.15) is 4.98 Å². The Morgan fingerprint density at radius 1 is 1.04 bits per heavy atom. The van der Waals surface area contributed by atoms with Crippen LogP contribution in [0.15, 0.2) is 53.1 Å². The van der Waals surface area contributed by atoms with E-state index in [2.05, 4.69) is 27.2 Å². The molecular weight excluding hydrogens is 354 g/mol. The highest BCUT2D eigenvalue weighted by Crippen LogP contribution is 2.38. The van der Waals surface area contributed by atoms with Gasteiger partial charge in [-0.1, -0.05) is 41.6 Å². The lowest BCUT2D eigenvalue weighted by Gasteiger charge is -2.24. The van der Waals surface area contributed by atoms with Crippen LogP contribution in [0.3, 0.4) is 0 Å². The lowest BCUT2D eigenvalue weighted by molar-refractivity contribution is 0.174. The molecule has 2 aromatic carbocycles. The third kappa shape index (κ3) is 3.47. The summed E-state index contributed by atoms with van der Waals surface area (Å²) in [5.41, 5.74) is 2.30. The van der Waals surface area contributed by atoms with Crippen molar-refractivity contribution in [3.8, 4) is 22.9 Å². The molecule has 28 heavy (non-hydrogen) atoms. The molecule has 0 saturated carbocycles. The maximum Gasteiger partial charge on any atom is 0.231 e. The Hall–Kier alpha value is -2.86. The second kappa shape index (κ2) is 7.64. The van der Waals surface area contributed by atoms with Gasteiger partial charge in [-0.15, -0.1) is 0 Å². The summed E-state index contributed by atoms with van der Waals surface area (Å²) in [7, 11) is 0. The van der Waals surface area contributed by atoms with Crippen molar-refractivity contribution in [3.63, 3.8) is 0 Å². The summed E-state index contributed by atoms with van der Waals surface area (Å²) in [5, 5.41) is 4.11. The van der Waals surface area contributed by atoms with E-state index in [4.69, 9.17) is 14.0 Å². The molecule has 3 aromatic rings. The Morgan fingerprint density at radius 2 is 1.93 bits per heavy atom. The smallest absolute Gasteiger partial charge is 0.231 e. The first-order valence-corrected chi connectivity index (χ1v) is 9.88. The van der Waals surface area contributed by atoms with Crippen LogP contribution in [-0.4, -0.2) is 34.9 Å². The fraction of sp³-hybridized carbons (Fsp3) is 0.364. The van der Waals surface area contributed by atoms with E-state index in [0.29, 0.717) is 24.5 Å². The summed E-state index contributed by atoms with van der Waals surface area (Å²) in [4.78, 5) is 7.08. The van der Waals surface area contributed by atoms with Crippen molar-refractivity contribution >= 4 is 0 Å². The van der Waals surface area contributed by atoms with Gasteiger partial charge < -0.3 is 14.0 Å². The molecule has 1 aromatic heterocycles. The summed E-state index contributed by atoms with van der Waals surface area (Å²) in [6.45, 7) is 2.46. The Bertz CT molecular complexity index is 941. The Labute approximate surface area is 164 Å². The van der Waals surface area contributed by atoms with Crippen LogP contribution in [0, 0.1) is 0 Å². The molecule has 0 spiro atoms. The molecule has 0 aliphatic carbocycles. The molecule has 1 unspecified atom stereocenters. The van der Waals surface area contributed by atoms with Gasteiger partial charge in [0.25, 0.3) is 0 Å². The van der Waals surface area contributed by atoms with E-state index in [1.54, 1.807) is 0 Å². The van der Waals surface area contributed by atoms with E-state index in [1.165, 1.54) is 18.4 Å². The summed E-state index contributed by atoms with van der Waals surface area (Å²) in [5.74, 6) is 3.08. The van der Waals surface area contributed by atoms with Gasteiger partial charge in [0.15, 0.2) is 11.5 Å². The molecule has 1 saturated heterocycles. The molecule has 0 N–H and O–H groups in total. The summed E-state index contributed by atoms with van der Waals surface area (Å²) >= 11 is 0. The Kier molecular flexibility index (Phi) is 4.71. The van der Waals surface area contributed by atoms with Crippen molar-refractivity contribution in [1.29, 1.82) is 0 Å². The van der Waals surface area contributed by atoms with E-state index < -0.39 is 0 Å². The zero-order chi connectivity index (χ0) is 18.8. The SMILES string of the molecule is c1ccc(-c2noc(CCCN3CCCC3c3ccc4c(c3)OCO4)n2)cc1. The minimum absolute atomic E-state index is 0.322. The normalized spacial score (nSPS) is 18.6. The Morgan fingerprint density at radius 3 is 2.86 bits per heavy atom. The third-order valence-corrected chi connectivity index (χ3v) is 5.48. The maximum absolute atomic E-state index is 5.54. The number of hydrogen-bond donors (Lipinski definition) is 0. The molecule has 0 bridgehead atoms. The average molecular weight is 377 g/mol. The predicted octanol–water partition coefficient (Wildman–Crippen LogP) is 4.24. The van der Waals surface area contributed by atoms with E-state index in [-0.39, 0.29) is 0 Å². The van der Waals surface area contributed by atoms with Crippen molar-refractivity contribution in [1.82, 2.24) is 15.0 Å². The van der Waals surface area contributed by atoms with Gasteiger partial charge >= 0.3 is 0 Å². The van der Waals surface area contributed by atoms with Crippen molar-refractivity contribution in [2.75, 3.05) is 19.9 Å². The minimum atomic E-state index is 0.322. The van der Waals surface area contributed by atoms with Gasteiger partial charge in [-0.05, 0) is 50.0 Å². The van der Waals surface area contributed by atoms with Crippen LogP contribution in [0.5, 0.6) is 11.5 Å². The van der Waals surface area contributed by atoms with Gasteiger partial charge in [0.05, 0.1) is 0 Å². The van der Waals surface area contributed by atoms with Crippen LogP contribution >= 0.6 is 0 Å². The van der Waals surface area contributed by atoms with Gasteiger partial charge in [-0.3, -0.25) is 4.90 Å². The summed E-state index contributed by atoms with van der Waals surface area (Å²) in [6, 6.07) is 16.7. The highest BCUT2D eigenvalue weighted by molar-refractivity contribution is 5.53. The molecule has 0 amide bonds. The molecule has 3 heterocycles. The van der Waals surface area contributed by atoms with Gasteiger partial charge in [0.1, 0.15) is 0 Å². The van der Waals surface area contributed by atoms with Gasteiger partial charge in [0, 0.05) is 18.0 Å². The largest absolute Gasteiger partial charge is 0.454 e. The van der Waals surface area contributed by atoms with E-state index in [1.807, 2.05) is 36.4 Å². The van der Waals surface area contributed by atoms with Crippen molar-refractivity contribution in [2.24, 2.45) is 0 Å². The van der Waals surface area contributed by atoms with Gasteiger partial charge in [0.2, 0.25) is 18.5 Å². The fourth-order valence-corrected chi connectivity index (χ4v) is 4.09. The Balaban J connectivity index is 1.19. The molecule has 2 aliphatic rings. The van der Waals surface area contributed by atoms with Crippen molar-refractivity contribution in [2.45, 2.75) is 31.7 Å². The fourth-order valence-electron chi connectivity index (χ4n) is 4.09. The lowest BCUT2D eigenvalue weighted by atomic mass is 10.0. The van der Waals surface area contributed by atoms with E-state index in [0.717, 1.165) is 43.0 Å². The number of rotatable bonds is 6. The molecule has 6 nitrogen and oxygen atoms in total. The number of benzene rings is 2. The predicted molar refractivity (Wildman–Crippen MR) is 104 cm³/mol. The highest BCUT2D eigenvalue weighted by atomic mass is 16.7. The van der Waals surface area contributed by atoms with Crippen molar-refractivity contribution in [3.05, 3.63) is 60.0 Å². The monoisotopic (exact) mass is 377 g/mol. The van der Waals surface area contributed by atoms with Crippen molar-refractivity contribution < 1.29 is 14.0 Å².